The summed E-state index contributed by atoms with van der Waals surface area (Å²) in [5, 5.41) is 24.4. The Morgan fingerprint density at radius 2 is 1.45 bits per heavy atom. The van der Waals surface area contributed by atoms with Gasteiger partial charge in [0.2, 0.25) is 0 Å². The Morgan fingerprint density at radius 1 is 0.939 bits per heavy atom. The molecule has 3 atom stereocenters. The molecule has 0 saturated carbocycles. The van der Waals surface area contributed by atoms with E-state index in [0.717, 1.165) is 0 Å². The van der Waals surface area contributed by atoms with Crippen LogP contribution in [-0.4, -0.2) is 60.9 Å². The zero-order valence-corrected chi connectivity index (χ0v) is 18.7. The molecule has 12 heteroatoms. The molecule has 184 valence electrons. The van der Waals surface area contributed by atoms with Gasteiger partial charge in [-0.25, -0.2) is 9.59 Å². The number of nitrogens with one attached hydrogen (secondary N) is 1. The van der Waals surface area contributed by atoms with E-state index >= 15 is 0 Å². The van der Waals surface area contributed by atoms with Crippen molar-refractivity contribution in [3.8, 4) is 0 Å². The first-order chi connectivity index (χ1) is 15.3. The van der Waals surface area contributed by atoms with Crippen LogP contribution < -0.4 is 21.3 Å². The summed E-state index contributed by atoms with van der Waals surface area (Å²) in [6.07, 6.45) is -1.24. The number of carbonyl (C=O) groups excluding carboxylic acids is 6. The molecule has 0 spiro atoms. The van der Waals surface area contributed by atoms with Gasteiger partial charge in [-0.2, -0.15) is 0 Å². The van der Waals surface area contributed by atoms with E-state index in [1.165, 1.54) is 13.8 Å². The summed E-state index contributed by atoms with van der Waals surface area (Å²) in [4.78, 5) is 70.0. The van der Waals surface area contributed by atoms with Crippen LogP contribution in [0.5, 0.6) is 0 Å². The second kappa shape index (κ2) is 14.5. The van der Waals surface area contributed by atoms with Crippen molar-refractivity contribution in [2.24, 2.45) is 5.92 Å². The van der Waals surface area contributed by atoms with E-state index in [1.807, 2.05) is 0 Å². The predicted molar refractivity (Wildman–Crippen MR) is 107 cm³/mol. The molecular formula is C21H29N2O10-. The van der Waals surface area contributed by atoms with Gasteiger partial charge in [0, 0.05) is 35.4 Å². The molecular weight excluding hydrogens is 440 g/mol. The maximum absolute atomic E-state index is 12.7. The lowest BCUT2D eigenvalue weighted by Gasteiger charge is -2.23. The molecule has 0 bridgehead atoms. The lowest BCUT2D eigenvalue weighted by Crippen LogP contribution is -2.70. The monoisotopic (exact) mass is 469 g/mol. The molecule has 0 aliphatic heterocycles. The standard InChI is InChI=1S/C21H30N2O10/c1-11(2)20(30)32-9-13(19(28)29)8-16(24)15(6-5-7-17(25)26)23-18(27)14(22)10-33-21(31)12(3)4/h13-15H,1,3,5-10,22H2,2,4H3,(H,23,27)(H,25,26)(H,28,29)/p-1/t13-,14-,15-/m0/s1. The highest BCUT2D eigenvalue weighted by atomic mass is 16.5. The van der Waals surface area contributed by atoms with E-state index in [-0.39, 0.29) is 24.0 Å². The van der Waals surface area contributed by atoms with Crippen LogP contribution in [0.3, 0.4) is 0 Å². The number of rotatable bonds is 16. The zero-order valence-electron chi connectivity index (χ0n) is 18.7. The van der Waals surface area contributed by atoms with Gasteiger partial charge in [0.15, 0.2) is 18.4 Å². The van der Waals surface area contributed by atoms with Gasteiger partial charge in [0.25, 0.3) is 5.91 Å². The lowest BCUT2D eigenvalue weighted by atomic mass is 9.95. The summed E-state index contributed by atoms with van der Waals surface area (Å²) in [5.41, 5.74) is 3.68. The third-order valence-corrected chi connectivity index (χ3v) is 4.26. The Kier molecular flexibility index (Phi) is 13.0. The molecule has 0 aliphatic carbocycles. The van der Waals surface area contributed by atoms with Crippen molar-refractivity contribution in [1.29, 1.82) is 0 Å². The molecule has 12 nitrogen and oxygen atoms in total. The Balaban J connectivity index is 5.23. The molecule has 0 unspecified atom stereocenters. The second-order valence-electron chi connectivity index (χ2n) is 7.47. The molecule has 0 rings (SSSR count). The van der Waals surface area contributed by atoms with Crippen LogP contribution >= 0.6 is 0 Å². The molecule has 0 heterocycles. The molecule has 0 aromatic carbocycles. The summed E-state index contributed by atoms with van der Waals surface area (Å²) < 4.78 is 9.60. The number of Topliss-reactive ketones (excluding diaryl/α,β-unsaturated/α-hetero) is 1. The largest absolute Gasteiger partial charge is 0.550 e. The Hall–Kier alpha value is -3.54. The first kappa shape index (κ1) is 29.5. The Labute approximate surface area is 190 Å². The number of aliphatic carboxylic acids is 2. The molecule has 0 aliphatic rings. The maximum Gasteiger partial charge on any atom is 0.333 e. The van der Waals surface area contributed by atoms with Crippen LogP contribution in [0.1, 0.15) is 39.5 Å². The fourth-order valence-corrected chi connectivity index (χ4v) is 2.32. The van der Waals surface area contributed by atoms with Crippen molar-refractivity contribution in [3.63, 3.8) is 0 Å². The number of ketones is 1. The quantitative estimate of drug-likeness (QED) is 0.169. The second-order valence-corrected chi connectivity index (χ2v) is 7.47. The van der Waals surface area contributed by atoms with E-state index in [4.69, 9.17) is 9.47 Å². The first-order valence-electron chi connectivity index (χ1n) is 9.98. The summed E-state index contributed by atoms with van der Waals surface area (Å²) in [6, 6.07) is -2.38. The van der Waals surface area contributed by atoms with Crippen molar-refractivity contribution in [1.82, 2.24) is 5.32 Å². The fourth-order valence-electron chi connectivity index (χ4n) is 2.32. The molecule has 1 amide bonds. The van der Waals surface area contributed by atoms with Crippen LogP contribution in [-0.2, 0) is 38.2 Å². The van der Waals surface area contributed by atoms with Gasteiger partial charge in [0.1, 0.15) is 6.61 Å². The predicted octanol–water partition coefficient (Wildman–Crippen LogP) is -3.43. The van der Waals surface area contributed by atoms with Gasteiger partial charge in [-0.05, 0) is 33.1 Å². The minimum absolute atomic E-state index is 0.0275. The lowest BCUT2D eigenvalue weighted by molar-refractivity contribution is -0.409. The molecule has 0 saturated heterocycles. The SMILES string of the molecule is C=C(C)C(=O)OC[C@H](CC(=O)[C@H](CCCC(=O)[O-])NC(=O)[C@@H]([NH3+])COC(=O)C(=C)C)C(=O)[O-]. The van der Waals surface area contributed by atoms with Gasteiger partial charge in [-0.15, -0.1) is 0 Å². The average Bonchev–Trinajstić information content (AvgIpc) is 2.72. The van der Waals surface area contributed by atoms with Crippen LogP contribution in [0, 0.1) is 5.92 Å². The Morgan fingerprint density at radius 3 is 1.91 bits per heavy atom. The third-order valence-electron chi connectivity index (χ3n) is 4.26. The summed E-state index contributed by atoms with van der Waals surface area (Å²) in [5.74, 6) is -7.65. The van der Waals surface area contributed by atoms with Crippen molar-refractivity contribution in [2.45, 2.75) is 51.6 Å². The van der Waals surface area contributed by atoms with Gasteiger partial charge in [0.05, 0.1) is 6.04 Å². The smallest absolute Gasteiger partial charge is 0.333 e. The normalized spacial score (nSPS) is 13.1. The van der Waals surface area contributed by atoms with Crippen LogP contribution in [0.15, 0.2) is 24.3 Å². The van der Waals surface area contributed by atoms with Crippen molar-refractivity contribution in [3.05, 3.63) is 24.3 Å². The summed E-state index contributed by atoms with van der Waals surface area (Å²) >= 11 is 0. The molecule has 0 fully saturated rings. The Bertz CT molecular complexity index is 805. The van der Waals surface area contributed by atoms with Gasteiger partial charge >= 0.3 is 11.9 Å². The molecule has 0 aromatic rings. The summed E-state index contributed by atoms with van der Waals surface area (Å²) in [7, 11) is 0. The first-order valence-corrected chi connectivity index (χ1v) is 9.98. The van der Waals surface area contributed by atoms with Crippen molar-refractivity contribution in [2.75, 3.05) is 13.2 Å². The molecule has 0 aromatic heterocycles. The minimum atomic E-state index is -1.65. The van der Waals surface area contributed by atoms with Crippen LogP contribution in [0.4, 0.5) is 0 Å². The molecule has 0 radical (unpaired) electrons. The van der Waals surface area contributed by atoms with Crippen LogP contribution in [0.25, 0.3) is 0 Å². The van der Waals surface area contributed by atoms with E-state index < -0.39 is 79.6 Å². The number of esters is 2. The molecule has 33 heavy (non-hydrogen) atoms. The van der Waals surface area contributed by atoms with Gasteiger partial charge < -0.3 is 40.3 Å². The number of carboxylic acid groups (broad SMARTS) is 2. The minimum Gasteiger partial charge on any atom is -0.550 e. The zero-order chi connectivity index (χ0) is 25.7. The number of amides is 1. The number of ether oxygens (including phenoxy) is 2. The topological polar surface area (TPSA) is 207 Å². The van der Waals surface area contributed by atoms with E-state index in [0.29, 0.717) is 0 Å². The maximum atomic E-state index is 12.7. The van der Waals surface area contributed by atoms with E-state index in [1.54, 1.807) is 0 Å². The highest BCUT2D eigenvalue weighted by molar-refractivity contribution is 5.92. The highest BCUT2D eigenvalue weighted by Gasteiger charge is 2.28. The van der Waals surface area contributed by atoms with Gasteiger partial charge in [-0.1, -0.05) is 13.2 Å². The number of carbonyl (C=O) groups is 6. The van der Waals surface area contributed by atoms with Crippen molar-refractivity contribution < 1.29 is 54.2 Å². The average molecular weight is 469 g/mol. The highest BCUT2D eigenvalue weighted by Crippen LogP contribution is 2.12. The summed E-state index contributed by atoms with van der Waals surface area (Å²) in [6.45, 7) is 8.44. The van der Waals surface area contributed by atoms with E-state index in [2.05, 4.69) is 24.2 Å². The third kappa shape index (κ3) is 12.2. The molecule has 4 N–H and O–H groups in total. The van der Waals surface area contributed by atoms with E-state index in [9.17, 15) is 39.0 Å². The van der Waals surface area contributed by atoms with Crippen LogP contribution in [0.2, 0.25) is 0 Å². The fraction of sp³-hybridized carbons (Fsp3) is 0.524. The number of hydrogen-bond acceptors (Lipinski definition) is 10. The number of quaternary nitrogens is 1. The number of hydrogen-bond donors (Lipinski definition) is 2. The number of carboxylic acids is 2. The van der Waals surface area contributed by atoms with Crippen molar-refractivity contribution >= 4 is 35.6 Å². The van der Waals surface area contributed by atoms with Gasteiger partial charge in [-0.3, -0.25) is 9.59 Å².